The summed E-state index contributed by atoms with van der Waals surface area (Å²) in [6.07, 6.45) is 6.68. The number of hydrogen-bond donors (Lipinski definition) is 1. The van der Waals surface area contributed by atoms with Crippen LogP contribution in [0.25, 0.3) is 0 Å². The Hall–Kier alpha value is -1.84. The van der Waals surface area contributed by atoms with Crippen LogP contribution in [-0.4, -0.2) is 23.5 Å². The average Bonchev–Trinajstić information content (AvgIpc) is 2.51. The first-order valence-electron chi connectivity index (χ1n) is 8.53. The maximum Gasteiger partial charge on any atom is 0.312 e. The van der Waals surface area contributed by atoms with Gasteiger partial charge in [0.25, 0.3) is 0 Å². The zero-order valence-corrected chi connectivity index (χ0v) is 13.2. The number of benzene rings is 1. The molecule has 0 radical (unpaired) electrons. The molecule has 0 unspecified atom stereocenters. The Morgan fingerprint density at radius 2 is 1.52 bits per heavy atom. The van der Waals surface area contributed by atoms with Crippen molar-refractivity contribution in [2.24, 2.45) is 23.2 Å². The molecule has 1 aromatic rings. The first kappa shape index (κ1) is 14.7. The van der Waals surface area contributed by atoms with Gasteiger partial charge in [-0.3, -0.25) is 9.59 Å². The largest absolute Gasteiger partial charge is 0.508 e. The van der Waals surface area contributed by atoms with Gasteiger partial charge in [-0.15, -0.1) is 0 Å². The second kappa shape index (κ2) is 5.36. The van der Waals surface area contributed by atoms with E-state index in [1.165, 1.54) is 31.4 Å². The minimum absolute atomic E-state index is 0.118. The summed E-state index contributed by atoms with van der Waals surface area (Å²) in [7, 11) is 0. The summed E-state index contributed by atoms with van der Waals surface area (Å²) in [4.78, 5) is 24.8. The third-order valence-electron chi connectivity index (χ3n) is 5.99. The van der Waals surface area contributed by atoms with Gasteiger partial charge in [0.2, 0.25) is 0 Å². The fraction of sp³-hybridized carbons (Fsp3) is 0.579. The average molecular weight is 314 g/mol. The zero-order valence-electron chi connectivity index (χ0n) is 13.2. The highest BCUT2D eigenvalue weighted by Crippen LogP contribution is 2.60. The fourth-order valence-corrected chi connectivity index (χ4v) is 5.38. The smallest absolute Gasteiger partial charge is 0.312 e. The molecule has 5 rings (SSSR count). The quantitative estimate of drug-likeness (QED) is 0.684. The molecule has 0 heterocycles. The van der Waals surface area contributed by atoms with Crippen molar-refractivity contribution in [2.45, 2.75) is 38.5 Å². The van der Waals surface area contributed by atoms with Crippen LogP contribution in [0.3, 0.4) is 0 Å². The van der Waals surface area contributed by atoms with E-state index in [-0.39, 0.29) is 29.5 Å². The van der Waals surface area contributed by atoms with Crippen LogP contribution < -0.4 is 0 Å². The number of aromatic hydroxyl groups is 1. The number of phenolic OH excluding ortho intramolecular Hbond substituents is 1. The number of esters is 1. The SMILES string of the molecule is O=C(COC(=O)C12CC3CC(CC(C3)C1)C2)c1ccc(O)cc1. The Morgan fingerprint density at radius 3 is 2.04 bits per heavy atom. The fourth-order valence-electron chi connectivity index (χ4n) is 5.38. The Morgan fingerprint density at radius 1 is 1.00 bits per heavy atom. The normalized spacial score (nSPS) is 34.3. The van der Waals surface area contributed by atoms with Gasteiger partial charge >= 0.3 is 5.97 Å². The highest BCUT2D eigenvalue weighted by atomic mass is 16.5. The van der Waals surface area contributed by atoms with Crippen LogP contribution in [-0.2, 0) is 9.53 Å². The number of ether oxygens (including phenoxy) is 1. The standard InChI is InChI=1S/C19H22O4/c20-16-3-1-15(2-4-16)17(21)11-23-18(22)19-8-12-5-13(9-19)7-14(6-12)10-19/h1-4,12-14,20H,5-11H2. The molecule has 0 aromatic heterocycles. The van der Waals surface area contributed by atoms with Crippen LogP contribution >= 0.6 is 0 Å². The molecule has 4 fully saturated rings. The van der Waals surface area contributed by atoms with Crippen molar-refractivity contribution in [1.29, 1.82) is 0 Å². The van der Waals surface area contributed by atoms with E-state index in [1.807, 2.05) is 0 Å². The van der Waals surface area contributed by atoms with Crippen molar-refractivity contribution in [3.8, 4) is 5.75 Å². The summed E-state index contributed by atoms with van der Waals surface area (Å²) in [6.45, 7) is -0.203. The second-order valence-electron chi connectivity index (χ2n) is 7.74. The number of Topliss-reactive ketones (excluding diaryl/α,β-unsaturated/α-hetero) is 1. The topological polar surface area (TPSA) is 63.6 Å². The van der Waals surface area contributed by atoms with Gasteiger partial charge < -0.3 is 9.84 Å². The van der Waals surface area contributed by atoms with Gasteiger partial charge in [-0.1, -0.05) is 0 Å². The molecule has 4 aliphatic carbocycles. The van der Waals surface area contributed by atoms with Gasteiger partial charge in [0.05, 0.1) is 5.41 Å². The molecule has 1 N–H and O–H groups in total. The van der Waals surface area contributed by atoms with E-state index in [1.54, 1.807) is 12.1 Å². The van der Waals surface area contributed by atoms with Gasteiger partial charge in [-0.05, 0) is 80.5 Å². The van der Waals surface area contributed by atoms with Crippen molar-refractivity contribution < 1.29 is 19.4 Å². The summed E-state index contributed by atoms with van der Waals surface area (Å²) >= 11 is 0. The molecule has 0 saturated heterocycles. The molecule has 0 aliphatic heterocycles. The molecule has 122 valence electrons. The Balaban J connectivity index is 1.40. The highest BCUT2D eigenvalue weighted by Gasteiger charge is 2.55. The molecule has 4 saturated carbocycles. The van der Waals surface area contributed by atoms with Gasteiger partial charge in [-0.25, -0.2) is 0 Å². The number of carbonyl (C=O) groups excluding carboxylic acids is 2. The van der Waals surface area contributed by atoms with Gasteiger partial charge in [0.15, 0.2) is 12.4 Å². The lowest BCUT2D eigenvalue weighted by Crippen LogP contribution is -2.50. The summed E-state index contributed by atoms with van der Waals surface area (Å²) < 4.78 is 5.42. The Labute approximate surface area is 135 Å². The van der Waals surface area contributed by atoms with E-state index in [4.69, 9.17) is 4.74 Å². The van der Waals surface area contributed by atoms with E-state index in [0.717, 1.165) is 19.3 Å². The van der Waals surface area contributed by atoms with E-state index in [0.29, 0.717) is 23.3 Å². The second-order valence-corrected chi connectivity index (χ2v) is 7.74. The van der Waals surface area contributed by atoms with Crippen LogP contribution in [0.1, 0.15) is 48.9 Å². The lowest BCUT2D eigenvalue weighted by molar-refractivity contribution is -0.170. The molecule has 0 spiro atoms. The molecule has 4 aliphatic rings. The molecule has 0 amide bonds. The van der Waals surface area contributed by atoms with Crippen LogP contribution in [0, 0.1) is 23.2 Å². The highest BCUT2D eigenvalue weighted by molar-refractivity contribution is 5.98. The maximum atomic E-state index is 12.7. The predicted octanol–water partition coefficient (Wildman–Crippen LogP) is 3.33. The summed E-state index contributed by atoms with van der Waals surface area (Å²) in [5.74, 6) is 1.78. The van der Waals surface area contributed by atoms with E-state index in [9.17, 15) is 14.7 Å². The Bertz CT molecular complexity index is 596. The summed E-state index contributed by atoms with van der Waals surface area (Å²) in [5, 5.41) is 9.26. The van der Waals surface area contributed by atoms with Crippen LogP contribution in [0.5, 0.6) is 5.75 Å². The number of rotatable bonds is 4. The number of ketones is 1. The van der Waals surface area contributed by atoms with Crippen molar-refractivity contribution in [3.63, 3.8) is 0 Å². The molecule has 4 heteroatoms. The monoisotopic (exact) mass is 314 g/mol. The van der Waals surface area contributed by atoms with Gasteiger partial charge in [0, 0.05) is 5.56 Å². The molecular formula is C19H22O4. The number of carbonyl (C=O) groups is 2. The summed E-state index contributed by atoms with van der Waals surface area (Å²) in [6, 6.07) is 6.04. The van der Waals surface area contributed by atoms with Crippen molar-refractivity contribution in [1.82, 2.24) is 0 Å². The third kappa shape index (κ3) is 2.64. The molecule has 0 atom stereocenters. The van der Waals surface area contributed by atoms with Crippen molar-refractivity contribution >= 4 is 11.8 Å². The maximum absolute atomic E-state index is 12.7. The van der Waals surface area contributed by atoms with E-state index in [2.05, 4.69) is 0 Å². The molecule has 23 heavy (non-hydrogen) atoms. The lowest BCUT2D eigenvalue weighted by Gasteiger charge is -2.55. The van der Waals surface area contributed by atoms with Gasteiger partial charge in [0.1, 0.15) is 5.75 Å². The first-order chi connectivity index (χ1) is 11.0. The predicted molar refractivity (Wildman–Crippen MR) is 84.0 cm³/mol. The van der Waals surface area contributed by atoms with Crippen LogP contribution in [0.15, 0.2) is 24.3 Å². The van der Waals surface area contributed by atoms with Crippen molar-refractivity contribution in [2.75, 3.05) is 6.61 Å². The molecular weight excluding hydrogens is 292 g/mol. The molecule has 1 aromatic carbocycles. The first-order valence-corrected chi connectivity index (χ1v) is 8.53. The minimum Gasteiger partial charge on any atom is -0.508 e. The van der Waals surface area contributed by atoms with E-state index >= 15 is 0 Å². The summed E-state index contributed by atoms with van der Waals surface area (Å²) in [5.41, 5.74) is 0.144. The Kier molecular flexibility index (Phi) is 3.43. The molecule has 4 bridgehead atoms. The van der Waals surface area contributed by atoms with E-state index < -0.39 is 0 Å². The van der Waals surface area contributed by atoms with Crippen LogP contribution in [0.4, 0.5) is 0 Å². The number of phenols is 1. The minimum atomic E-state index is -0.315. The lowest BCUT2D eigenvalue weighted by atomic mass is 9.49. The van der Waals surface area contributed by atoms with Crippen molar-refractivity contribution in [3.05, 3.63) is 29.8 Å². The van der Waals surface area contributed by atoms with Gasteiger partial charge in [-0.2, -0.15) is 0 Å². The molecule has 4 nitrogen and oxygen atoms in total. The zero-order chi connectivity index (χ0) is 16.0. The van der Waals surface area contributed by atoms with Crippen LogP contribution in [0.2, 0.25) is 0 Å². The third-order valence-corrected chi connectivity index (χ3v) is 5.99. The number of hydrogen-bond acceptors (Lipinski definition) is 4.